The van der Waals surface area contributed by atoms with E-state index in [0.29, 0.717) is 0 Å². The molecule has 2 rings (SSSR count). The normalized spacial score (nSPS) is 11.1. The molecule has 2 aromatic carbocycles. The second-order valence-corrected chi connectivity index (χ2v) is 6.25. The molecule has 0 aliphatic heterocycles. The summed E-state index contributed by atoms with van der Waals surface area (Å²) in [4.78, 5) is 2.16. The molecule has 0 unspecified atom stereocenters. The van der Waals surface area contributed by atoms with Crippen molar-refractivity contribution in [2.45, 2.75) is 26.9 Å². The molecule has 0 bridgehead atoms. The third kappa shape index (κ3) is 3.74. The van der Waals surface area contributed by atoms with Gasteiger partial charge in [-0.2, -0.15) is 0 Å². The Kier molecular flexibility index (Phi) is 5.80. The van der Waals surface area contributed by atoms with Crippen molar-refractivity contribution in [2.75, 3.05) is 27.7 Å². The minimum absolute atomic E-state index is 0.0453. The van der Waals surface area contributed by atoms with Crippen LogP contribution in [0.25, 0.3) is 11.1 Å². The van der Waals surface area contributed by atoms with Crippen LogP contribution in [0.15, 0.2) is 30.3 Å². The zero-order chi connectivity index (χ0) is 17.0. The molecule has 0 spiro atoms. The van der Waals surface area contributed by atoms with Crippen molar-refractivity contribution in [3.05, 3.63) is 52.6 Å². The zero-order valence-corrected chi connectivity index (χ0v) is 14.8. The Labute approximate surface area is 139 Å². The summed E-state index contributed by atoms with van der Waals surface area (Å²) in [5.41, 5.74) is 6.69. The summed E-state index contributed by atoms with van der Waals surface area (Å²) < 4.78 is 5.80. The first-order valence-corrected chi connectivity index (χ1v) is 8.00. The van der Waals surface area contributed by atoms with Gasteiger partial charge in [0.15, 0.2) is 0 Å². The minimum Gasteiger partial charge on any atom is -0.496 e. The Bertz CT molecular complexity index is 678. The lowest BCUT2D eigenvalue weighted by Crippen LogP contribution is -2.16. The molecule has 3 nitrogen and oxygen atoms in total. The summed E-state index contributed by atoms with van der Waals surface area (Å²) in [6.07, 6.45) is 0.891. The van der Waals surface area contributed by atoms with Crippen LogP contribution in [-0.4, -0.2) is 37.8 Å². The van der Waals surface area contributed by atoms with Crippen LogP contribution in [0.1, 0.15) is 22.3 Å². The van der Waals surface area contributed by atoms with Gasteiger partial charge in [0, 0.05) is 12.1 Å². The van der Waals surface area contributed by atoms with Gasteiger partial charge in [0.1, 0.15) is 5.75 Å². The average molecular weight is 313 g/mol. The van der Waals surface area contributed by atoms with Gasteiger partial charge in [0.2, 0.25) is 0 Å². The summed E-state index contributed by atoms with van der Waals surface area (Å²) in [5.74, 6) is 0.927. The van der Waals surface area contributed by atoms with Crippen LogP contribution in [0.2, 0.25) is 0 Å². The number of benzene rings is 2. The van der Waals surface area contributed by atoms with E-state index < -0.39 is 0 Å². The topological polar surface area (TPSA) is 32.7 Å². The first kappa shape index (κ1) is 17.5. The third-order valence-electron chi connectivity index (χ3n) is 4.34. The fourth-order valence-electron chi connectivity index (χ4n) is 2.98. The quantitative estimate of drug-likeness (QED) is 0.885. The molecule has 0 amide bonds. The summed E-state index contributed by atoms with van der Waals surface area (Å²) in [6, 6.07) is 10.4. The van der Waals surface area contributed by atoms with Crippen molar-refractivity contribution in [2.24, 2.45) is 0 Å². The standard InChI is InChI=1S/C20H27NO2/c1-14-8-6-7-9-18(14)19-15(2)17(13-22)12-16(20(19)23-5)10-11-21(3)4/h6-9,12,22H,10-11,13H2,1-5H3. The summed E-state index contributed by atoms with van der Waals surface area (Å²) in [7, 11) is 5.86. The maximum absolute atomic E-state index is 9.77. The molecule has 23 heavy (non-hydrogen) atoms. The highest BCUT2D eigenvalue weighted by molar-refractivity contribution is 5.79. The summed E-state index contributed by atoms with van der Waals surface area (Å²) >= 11 is 0. The van der Waals surface area contributed by atoms with E-state index in [2.05, 4.69) is 51.0 Å². The van der Waals surface area contributed by atoms with E-state index in [-0.39, 0.29) is 6.61 Å². The van der Waals surface area contributed by atoms with Crippen LogP contribution in [0, 0.1) is 13.8 Å². The zero-order valence-electron chi connectivity index (χ0n) is 14.8. The molecule has 0 saturated carbocycles. The molecule has 0 fully saturated rings. The SMILES string of the molecule is COc1c(CCN(C)C)cc(CO)c(C)c1-c1ccccc1C. The Morgan fingerprint density at radius 2 is 1.78 bits per heavy atom. The predicted octanol–water partition coefficient (Wildman–Crippen LogP) is 3.58. The maximum atomic E-state index is 9.77. The van der Waals surface area contributed by atoms with Gasteiger partial charge in [0.25, 0.3) is 0 Å². The van der Waals surface area contributed by atoms with Gasteiger partial charge < -0.3 is 14.7 Å². The number of hydrogen-bond acceptors (Lipinski definition) is 3. The molecule has 2 aromatic rings. The molecule has 0 aliphatic rings. The average Bonchev–Trinajstić information content (AvgIpc) is 2.53. The molecule has 0 aliphatic carbocycles. The van der Waals surface area contributed by atoms with Crippen molar-refractivity contribution in [1.29, 1.82) is 0 Å². The monoisotopic (exact) mass is 313 g/mol. The fourth-order valence-corrected chi connectivity index (χ4v) is 2.98. The minimum atomic E-state index is 0.0453. The number of likely N-dealkylation sites (N-methyl/N-ethyl adjacent to an activating group) is 1. The molecule has 0 atom stereocenters. The van der Waals surface area contributed by atoms with E-state index in [4.69, 9.17) is 4.74 Å². The smallest absolute Gasteiger partial charge is 0.130 e. The molecule has 0 radical (unpaired) electrons. The van der Waals surface area contributed by atoms with E-state index in [0.717, 1.165) is 41.0 Å². The van der Waals surface area contributed by atoms with E-state index in [9.17, 15) is 5.11 Å². The maximum Gasteiger partial charge on any atom is 0.130 e. The molecule has 1 N–H and O–H groups in total. The number of rotatable bonds is 6. The van der Waals surface area contributed by atoms with Crippen molar-refractivity contribution >= 4 is 0 Å². The number of hydrogen-bond donors (Lipinski definition) is 1. The van der Waals surface area contributed by atoms with Gasteiger partial charge in [-0.15, -0.1) is 0 Å². The Balaban J connectivity index is 2.68. The highest BCUT2D eigenvalue weighted by Gasteiger charge is 2.18. The second kappa shape index (κ2) is 7.62. The Morgan fingerprint density at radius 1 is 1.09 bits per heavy atom. The molecular weight excluding hydrogens is 286 g/mol. The number of ether oxygens (including phenoxy) is 1. The molecule has 124 valence electrons. The van der Waals surface area contributed by atoms with Crippen LogP contribution in [-0.2, 0) is 13.0 Å². The number of aliphatic hydroxyl groups excluding tert-OH is 1. The van der Waals surface area contributed by atoms with E-state index in [1.807, 2.05) is 12.1 Å². The van der Waals surface area contributed by atoms with Crippen molar-refractivity contribution in [1.82, 2.24) is 4.90 Å². The second-order valence-electron chi connectivity index (χ2n) is 6.25. The lowest BCUT2D eigenvalue weighted by atomic mass is 9.89. The Morgan fingerprint density at radius 3 is 2.35 bits per heavy atom. The van der Waals surface area contributed by atoms with Gasteiger partial charge in [-0.1, -0.05) is 24.3 Å². The predicted molar refractivity (Wildman–Crippen MR) is 96.1 cm³/mol. The van der Waals surface area contributed by atoms with Gasteiger partial charge in [-0.25, -0.2) is 0 Å². The lowest BCUT2D eigenvalue weighted by Gasteiger charge is -2.21. The molecule has 0 heterocycles. The van der Waals surface area contributed by atoms with Crippen LogP contribution in [0.4, 0.5) is 0 Å². The first-order chi connectivity index (χ1) is 11.0. The van der Waals surface area contributed by atoms with Crippen LogP contribution in [0.5, 0.6) is 5.75 Å². The van der Waals surface area contributed by atoms with Gasteiger partial charge in [-0.3, -0.25) is 0 Å². The summed E-state index contributed by atoms with van der Waals surface area (Å²) in [6.45, 7) is 5.16. The van der Waals surface area contributed by atoms with E-state index in [1.165, 1.54) is 11.1 Å². The van der Waals surface area contributed by atoms with Crippen LogP contribution >= 0.6 is 0 Å². The number of methoxy groups -OCH3 is 1. The van der Waals surface area contributed by atoms with Crippen molar-refractivity contribution in [3.8, 4) is 16.9 Å². The highest BCUT2D eigenvalue weighted by atomic mass is 16.5. The van der Waals surface area contributed by atoms with Gasteiger partial charge in [0.05, 0.1) is 13.7 Å². The van der Waals surface area contributed by atoms with Gasteiger partial charge >= 0.3 is 0 Å². The third-order valence-corrected chi connectivity index (χ3v) is 4.34. The van der Waals surface area contributed by atoms with Crippen LogP contribution < -0.4 is 4.74 Å². The van der Waals surface area contributed by atoms with E-state index >= 15 is 0 Å². The van der Waals surface area contributed by atoms with Crippen molar-refractivity contribution in [3.63, 3.8) is 0 Å². The lowest BCUT2D eigenvalue weighted by molar-refractivity contribution is 0.280. The highest BCUT2D eigenvalue weighted by Crippen LogP contribution is 2.39. The van der Waals surface area contributed by atoms with Gasteiger partial charge in [-0.05, 0) is 68.2 Å². The van der Waals surface area contributed by atoms with Crippen LogP contribution in [0.3, 0.4) is 0 Å². The number of aliphatic hydroxyl groups is 1. The summed E-state index contributed by atoms with van der Waals surface area (Å²) in [5, 5.41) is 9.77. The molecule has 0 saturated heterocycles. The number of nitrogens with zero attached hydrogens (tertiary/aromatic N) is 1. The largest absolute Gasteiger partial charge is 0.496 e. The Hall–Kier alpha value is -1.84. The molecule has 0 aromatic heterocycles. The fraction of sp³-hybridized carbons (Fsp3) is 0.400. The van der Waals surface area contributed by atoms with E-state index in [1.54, 1.807) is 7.11 Å². The molecule has 3 heteroatoms. The molecular formula is C20H27NO2. The van der Waals surface area contributed by atoms with Crippen molar-refractivity contribution < 1.29 is 9.84 Å². The number of aryl methyl sites for hydroxylation is 1. The first-order valence-electron chi connectivity index (χ1n) is 8.00.